The van der Waals surface area contributed by atoms with Crippen molar-refractivity contribution in [2.24, 2.45) is 5.41 Å². The van der Waals surface area contributed by atoms with Gasteiger partial charge in [0, 0.05) is 31.6 Å². The predicted molar refractivity (Wildman–Crippen MR) is 90.9 cm³/mol. The fourth-order valence-electron chi connectivity index (χ4n) is 4.23. The van der Waals surface area contributed by atoms with Crippen LogP contribution < -0.4 is 10.2 Å². The van der Waals surface area contributed by atoms with E-state index in [1.165, 1.54) is 4.90 Å². The zero-order chi connectivity index (χ0) is 18.5. The van der Waals surface area contributed by atoms with Crippen molar-refractivity contribution >= 4 is 29.5 Å². The molecule has 0 unspecified atom stereocenters. The maximum Gasteiger partial charge on any atom is 0.411 e. The Balaban J connectivity index is 1.58. The fraction of sp³-hybridized carbons (Fsp3) is 0.444. The number of fused-ring (bicyclic) bond motifs is 1. The summed E-state index contributed by atoms with van der Waals surface area (Å²) in [6.45, 7) is 1.08. The molecule has 0 bridgehead atoms. The minimum atomic E-state index is -1.03. The number of nitrogens with one attached hydrogen (secondary N) is 1. The summed E-state index contributed by atoms with van der Waals surface area (Å²) < 4.78 is 0. The van der Waals surface area contributed by atoms with Gasteiger partial charge in [-0.3, -0.25) is 24.6 Å². The van der Waals surface area contributed by atoms with Crippen molar-refractivity contribution in [3.8, 4) is 0 Å². The van der Waals surface area contributed by atoms with Crippen LogP contribution in [0.3, 0.4) is 0 Å². The number of nitrogens with zero attached hydrogens (tertiary/aromatic N) is 2. The lowest BCUT2D eigenvalue weighted by Crippen LogP contribution is -2.50. The van der Waals surface area contributed by atoms with Gasteiger partial charge in [0.05, 0.1) is 11.1 Å². The third kappa shape index (κ3) is 2.44. The predicted octanol–water partition coefficient (Wildman–Crippen LogP) is 0.996. The van der Waals surface area contributed by atoms with Crippen LogP contribution in [0.5, 0.6) is 0 Å². The highest BCUT2D eigenvalue weighted by molar-refractivity contribution is 6.03. The number of carboxylic acid groups (broad SMARTS) is 1. The summed E-state index contributed by atoms with van der Waals surface area (Å²) in [6.07, 6.45) is 0.756. The van der Waals surface area contributed by atoms with E-state index in [0.29, 0.717) is 50.0 Å². The number of hydrogen-bond donors (Lipinski definition) is 2. The van der Waals surface area contributed by atoms with E-state index in [2.05, 4.69) is 5.32 Å². The summed E-state index contributed by atoms with van der Waals surface area (Å²) in [4.78, 5) is 51.0. The number of anilines is 1. The van der Waals surface area contributed by atoms with E-state index in [1.807, 2.05) is 0 Å². The summed E-state index contributed by atoms with van der Waals surface area (Å²) in [6, 6.07) is 5.10. The molecule has 1 aromatic carbocycles. The topological polar surface area (TPSA) is 107 Å². The molecule has 2 saturated heterocycles. The van der Waals surface area contributed by atoms with Crippen LogP contribution in [0.1, 0.15) is 35.2 Å². The van der Waals surface area contributed by atoms with E-state index in [1.54, 1.807) is 23.1 Å². The molecule has 0 aromatic heterocycles. The maximum atomic E-state index is 13.0. The summed E-state index contributed by atoms with van der Waals surface area (Å²) in [5, 5.41) is 11.7. The standard InChI is InChI=1S/C18H19N3O5/c22-14-4-6-18(16(24)19-14)7-9-20(10-18)15(23)12-2-1-3-13-11(12)5-8-21(13)17(25)26/h1-3H,4-10H2,(H,25,26)(H,19,22,24)/t18-/m0/s1. The number of carbonyl (C=O) groups is 4. The number of hydrogen-bond acceptors (Lipinski definition) is 4. The van der Waals surface area contributed by atoms with Crippen molar-refractivity contribution in [3.63, 3.8) is 0 Å². The summed E-state index contributed by atoms with van der Waals surface area (Å²) in [5.74, 6) is -0.741. The molecule has 8 heteroatoms. The van der Waals surface area contributed by atoms with Crippen molar-refractivity contribution in [3.05, 3.63) is 29.3 Å². The van der Waals surface area contributed by atoms with Crippen LogP contribution in [0.25, 0.3) is 0 Å². The molecule has 136 valence electrons. The lowest BCUT2D eigenvalue weighted by atomic mass is 9.79. The number of piperidine rings is 1. The van der Waals surface area contributed by atoms with E-state index in [4.69, 9.17) is 0 Å². The summed E-state index contributed by atoms with van der Waals surface area (Å²) in [5.41, 5.74) is 1.10. The quantitative estimate of drug-likeness (QED) is 0.729. The summed E-state index contributed by atoms with van der Waals surface area (Å²) in [7, 11) is 0. The van der Waals surface area contributed by atoms with Gasteiger partial charge in [0.1, 0.15) is 0 Å². The lowest BCUT2D eigenvalue weighted by molar-refractivity contribution is -0.141. The van der Waals surface area contributed by atoms with Gasteiger partial charge in [-0.15, -0.1) is 0 Å². The molecule has 3 heterocycles. The van der Waals surface area contributed by atoms with Crippen molar-refractivity contribution in [1.29, 1.82) is 0 Å². The molecule has 1 aromatic rings. The third-order valence-electron chi connectivity index (χ3n) is 5.70. The Labute approximate surface area is 149 Å². The van der Waals surface area contributed by atoms with E-state index in [-0.39, 0.29) is 24.3 Å². The van der Waals surface area contributed by atoms with Gasteiger partial charge >= 0.3 is 6.09 Å². The van der Waals surface area contributed by atoms with Gasteiger partial charge in [0.15, 0.2) is 0 Å². The number of imide groups is 1. The van der Waals surface area contributed by atoms with Gasteiger partial charge in [-0.1, -0.05) is 6.07 Å². The Kier molecular flexibility index (Phi) is 3.71. The Morgan fingerprint density at radius 3 is 2.65 bits per heavy atom. The minimum absolute atomic E-state index is 0.185. The number of likely N-dealkylation sites (tertiary alicyclic amines) is 1. The molecule has 0 saturated carbocycles. The number of rotatable bonds is 1. The van der Waals surface area contributed by atoms with Crippen LogP contribution in [-0.2, 0) is 16.0 Å². The van der Waals surface area contributed by atoms with E-state index < -0.39 is 11.5 Å². The largest absolute Gasteiger partial charge is 0.465 e. The van der Waals surface area contributed by atoms with Crippen LogP contribution in [0.15, 0.2) is 18.2 Å². The normalized spacial score (nSPS) is 24.8. The molecule has 3 aliphatic rings. The van der Waals surface area contributed by atoms with Gasteiger partial charge in [-0.05, 0) is 37.0 Å². The lowest BCUT2D eigenvalue weighted by Gasteiger charge is -2.31. The second kappa shape index (κ2) is 5.82. The smallest absolute Gasteiger partial charge is 0.411 e. The molecule has 4 rings (SSSR count). The van der Waals surface area contributed by atoms with Crippen molar-refractivity contribution < 1.29 is 24.3 Å². The van der Waals surface area contributed by atoms with Crippen LogP contribution >= 0.6 is 0 Å². The minimum Gasteiger partial charge on any atom is -0.465 e. The Bertz CT molecular complexity index is 836. The molecule has 4 amide bonds. The van der Waals surface area contributed by atoms with Gasteiger partial charge in [-0.2, -0.15) is 0 Å². The first-order valence-corrected chi connectivity index (χ1v) is 8.67. The zero-order valence-electron chi connectivity index (χ0n) is 14.2. The molecule has 1 atom stereocenters. The van der Waals surface area contributed by atoms with E-state index >= 15 is 0 Å². The van der Waals surface area contributed by atoms with Gasteiger partial charge in [0.2, 0.25) is 11.8 Å². The fourth-order valence-corrected chi connectivity index (χ4v) is 4.23. The molecular weight excluding hydrogens is 338 g/mol. The second-order valence-electron chi connectivity index (χ2n) is 7.12. The molecule has 8 nitrogen and oxygen atoms in total. The molecule has 2 fully saturated rings. The number of benzene rings is 1. The molecular formula is C18H19N3O5. The second-order valence-corrected chi connectivity index (χ2v) is 7.12. The van der Waals surface area contributed by atoms with Crippen LogP contribution in [-0.4, -0.2) is 53.5 Å². The highest BCUT2D eigenvalue weighted by Gasteiger charge is 2.49. The molecule has 2 N–H and O–H groups in total. The van der Waals surface area contributed by atoms with E-state index in [0.717, 1.165) is 5.56 Å². The van der Waals surface area contributed by atoms with Crippen LogP contribution in [0.2, 0.25) is 0 Å². The van der Waals surface area contributed by atoms with Gasteiger partial charge in [0.25, 0.3) is 5.91 Å². The highest BCUT2D eigenvalue weighted by Crippen LogP contribution is 2.39. The molecule has 0 aliphatic carbocycles. The highest BCUT2D eigenvalue weighted by atomic mass is 16.4. The average molecular weight is 357 g/mol. The number of amides is 4. The Hall–Kier alpha value is -2.90. The Morgan fingerprint density at radius 1 is 1.12 bits per heavy atom. The van der Waals surface area contributed by atoms with Gasteiger partial charge < -0.3 is 10.0 Å². The van der Waals surface area contributed by atoms with Crippen molar-refractivity contribution in [2.45, 2.75) is 25.7 Å². The first-order valence-electron chi connectivity index (χ1n) is 8.67. The Morgan fingerprint density at radius 2 is 1.92 bits per heavy atom. The average Bonchev–Trinajstić information content (AvgIpc) is 3.23. The first kappa shape index (κ1) is 16.6. The van der Waals surface area contributed by atoms with Crippen molar-refractivity contribution in [1.82, 2.24) is 10.2 Å². The SMILES string of the molecule is O=C1CC[C@@]2(CCN(C(=O)c3cccc4c3CCN4C(=O)O)C2)C(=O)N1. The molecule has 0 radical (unpaired) electrons. The first-order chi connectivity index (χ1) is 12.4. The number of carbonyl (C=O) groups excluding carboxylic acids is 3. The third-order valence-corrected chi connectivity index (χ3v) is 5.70. The van der Waals surface area contributed by atoms with Crippen molar-refractivity contribution in [2.75, 3.05) is 24.5 Å². The molecule has 1 spiro atoms. The molecule has 26 heavy (non-hydrogen) atoms. The zero-order valence-corrected chi connectivity index (χ0v) is 14.2. The monoisotopic (exact) mass is 357 g/mol. The summed E-state index contributed by atoms with van der Waals surface area (Å²) >= 11 is 0. The van der Waals surface area contributed by atoms with Crippen LogP contribution in [0, 0.1) is 5.41 Å². The van der Waals surface area contributed by atoms with Gasteiger partial charge in [-0.25, -0.2) is 4.79 Å². The maximum absolute atomic E-state index is 13.0. The van der Waals surface area contributed by atoms with Crippen LogP contribution in [0.4, 0.5) is 10.5 Å². The van der Waals surface area contributed by atoms with E-state index in [9.17, 15) is 24.3 Å². The molecule has 3 aliphatic heterocycles.